The van der Waals surface area contributed by atoms with Gasteiger partial charge in [-0.05, 0) is 31.7 Å². The second-order valence-electron chi connectivity index (χ2n) is 4.49. The summed E-state index contributed by atoms with van der Waals surface area (Å²) in [7, 11) is -3.01. The molecule has 0 aliphatic heterocycles. The monoisotopic (exact) mass is 234 g/mol. The van der Waals surface area contributed by atoms with Crippen LogP contribution >= 0.6 is 0 Å². The summed E-state index contributed by atoms with van der Waals surface area (Å²) in [5.41, 5.74) is 0. The Morgan fingerprint density at radius 3 is 2.53 bits per heavy atom. The molecule has 0 bridgehead atoms. The van der Waals surface area contributed by atoms with Crippen LogP contribution in [0.25, 0.3) is 0 Å². The molecule has 4 nitrogen and oxygen atoms in total. The van der Waals surface area contributed by atoms with E-state index in [-0.39, 0.29) is 0 Å². The Morgan fingerprint density at radius 2 is 2.00 bits per heavy atom. The van der Waals surface area contributed by atoms with E-state index in [0.29, 0.717) is 12.6 Å². The van der Waals surface area contributed by atoms with Crippen LogP contribution in [0.2, 0.25) is 0 Å². The van der Waals surface area contributed by atoms with Gasteiger partial charge in [-0.25, -0.2) is 13.1 Å². The minimum atomic E-state index is -3.01. The Morgan fingerprint density at radius 1 is 1.27 bits per heavy atom. The van der Waals surface area contributed by atoms with Crippen molar-refractivity contribution < 1.29 is 8.42 Å². The van der Waals surface area contributed by atoms with Crippen molar-refractivity contribution in [3.05, 3.63) is 0 Å². The van der Waals surface area contributed by atoms with Crippen LogP contribution in [0.1, 0.15) is 32.6 Å². The molecule has 0 heterocycles. The molecule has 0 aromatic rings. The van der Waals surface area contributed by atoms with Gasteiger partial charge in [0.2, 0.25) is 10.0 Å². The summed E-state index contributed by atoms with van der Waals surface area (Å²) >= 11 is 0. The molecule has 1 fully saturated rings. The quantitative estimate of drug-likeness (QED) is 0.665. The molecule has 0 saturated heterocycles. The lowest BCUT2D eigenvalue weighted by molar-refractivity contribution is 0.424. The van der Waals surface area contributed by atoms with E-state index in [1.54, 1.807) is 0 Å². The van der Waals surface area contributed by atoms with Gasteiger partial charge in [0.05, 0.1) is 6.26 Å². The van der Waals surface area contributed by atoms with Gasteiger partial charge in [0.1, 0.15) is 0 Å². The summed E-state index contributed by atoms with van der Waals surface area (Å²) in [6.45, 7) is 3.71. The Bertz CT molecular complexity index is 277. The fourth-order valence-corrected chi connectivity index (χ4v) is 2.60. The number of hydrogen-bond donors (Lipinski definition) is 2. The van der Waals surface area contributed by atoms with Gasteiger partial charge in [0.25, 0.3) is 0 Å². The first kappa shape index (κ1) is 12.9. The predicted octanol–water partition coefficient (Wildman–Crippen LogP) is 0.704. The Labute approximate surface area is 92.9 Å². The van der Waals surface area contributed by atoms with E-state index in [1.807, 2.05) is 0 Å². The summed E-state index contributed by atoms with van der Waals surface area (Å²) in [5.74, 6) is 0.771. The highest BCUT2D eigenvalue weighted by Gasteiger charge is 2.21. The molecule has 90 valence electrons. The van der Waals surface area contributed by atoms with Crippen LogP contribution in [0.3, 0.4) is 0 Å². The van der Waals surface area contributed by atoms with Crippen molar-refractivity contribution in [1.29, 1.82) is 0 Å². The fraction of sp³-hybridized carbons (Fsp3) is 1.00. The minimum absolute atomic E-state index is 0.535. The first-order valence-electron chi connectivity index (χ1n) is 5.67. The molecule has 5 heteroatoms. The standard InChI is InChI=1S/C10H22N2O2S/c1-9-5-3-6-10(9)11-7-4-8-12-15(2,13)14/h9-12H,3-8H2,1-2H3. The van der Waals surface area contributed by atoms with Gasteiger partial charge in [-0.15, -0.1) is 0 Å². The van der Waals surface area contributed by atoms with Gasteiger partial charge < -0.3 is 5.32 Å². The first-order chi connectivity index (χ1) is 6.99. The molecule has 2 N–H and O–H groups in total. The summed E-state index contributed by atoms with van der Waals surface area (Å²) in [6, 6.07) is 0.642. The zero-order valence-electron chi connectivity index (χ0n) is 9.62. The van der Waals surface area contributed by atoms with Crippen LogP contribution in [0.15, 0.2) is 0 Å². The SMILES string of the molecule is CC1CCCC1NCCCNS(C)(=O)=O. The third-order valence-electron chi connectivity index (χ3n) is 2.99. The van der Waals surface area contributed by atoms with Crippen molar-refractivity contribution in [2.75, 3.05) is 19.3 Å². The van der Waals surface area contributed by atoms with Crippen LogP contribution in [-0.4, -0.2) is 33.8 Å². The maximum Gasteiger partial charge on any atom is 0.208 e. The Balaban J connectivity index is 2.02. The number of sulfonamides is 1. The van der Waals surface area contributed by atoms with E-state index >= 15 is 0 Å². The van der Waals surface area contributed by atoms with Crippen molar-refractivity contribution in [1.82, 2.24) is 10.0 Å². The molecule has 0 radical (unpaired) electrons. The van der Waals surface area contributed by atoms with E-state index in [2.05, 4.69) is 17.0 Å². The second kappa shape index (κ2) is 5.82. The highest BCUT2D eigenvalue weighted by atomic mass is 32.2. The Kier molecular flexibility index (Phi) is 5.02. The van der Waals surface area contributed by atoms with Crippen molar-refractivity contribution in [2.24, 2.45) is 5.92 Å². The smallest absolute Gasteiger partial charge is 0.208 e. The maximum absolute atomic E-state index is 10.8. The van der Waals surface area contributed by atoms with Gasteiger partial charge in [-0.2, -0.15) is 0 Å². The van der Waals surface area contributed by atoms with E-state index in [1.165, 1.54) is 25.5 Å². The predicted molar refractivity (Wildman–Crippen MR) is 62.3 cm³/mol. The second-order valence-corrected chi connectivity index (χ2v) is 6.32. The highest BCUT2D eigenvalue weighted by molar-refractivity contribution is 7.88. The zero-order chi connectivity index (χ0) is 11.3. The highest BCUT2D eigenvalue weighted by Crippen LogP contribution is 2.24. The van der Waals surface area contributed by atoms with Gasteiger partial charge in [-0.1, -0.05) is 13.3 Å². The van der Waals surface area contributed by atoms with E-state index < -0.39 is 10.0 Å². The molecule has 1 saturated carbocycles. The summed E-state index contributed by atoms with van der Waals surface area (Å²) in [4.78, 5) is 0. The van der Waals surface area contributed by atoms with E-state index in [9.17, 15) is 8.42 Å². The molecule has 1 aliphatic carbocycles. The van der Waals surface area contributed by atoms with Crippen molar-refractivity contribution in [3.8, 4) is 0 Å². The number of nitrogens with one attached hydrogen (secondary N) is 2. The largest absolute Gasteiger partial charge is 0.314 e. The molecule has 1 aliphatic rings. The van der Waals surface area contributed by atoms with Gasteiger partial charge in [0, 0.05) is 12.6 Å². The maximum atomic E-state index is 10.8. The minimum Gasteiger partial charge on any atom is -0.314 e. The van der Waals surface area contributed by atoms with Gasteiger partial charge in [0.15, 0.2) is 0 Å². The third-order valence-corrected chi connectivity index (χ3v) is 3.71. The van der Waals surface area contributed by atoms with Crippen LogP contribution in [0.5, 0.6) is 0 Å². The third kappa shape index (κ3) is 5.49. The molecule has 2 atom stereocenters. The lowest BCUT2D eigenvalue weighted by Crippen LogP contribution is -2.33. The molecule has 2 unspecified atom stereocenters. The first-order valence-corrected chi connectivity index (χ1v) is 7.56. The average molecular weight is 234 g/mol. The van der Waals surface area contributed by atoms with Crippen molar-refractivity contribution in [2.45, 2.75) is 38.6 Å². The molecule has 0 aromatic heterocycles. The topological polar surface area (TPSA) is 58.2 Å². The molecule has 0 amide bonds. The molecule has 1 rings (SSSR count). The molecule has 0 spiro atoms. The van der Waals surface area contributed by atoms with Crippen LogP contribution in [-0.2, 0) is 10.0 Å². The molecular formula is C10H22N2O2S. The lowest BCUT2D eigenvalue weighted by atomic mass is 10.1. The van der Waals surface area contributed by atoms with Crippen molar-refractivity contribution in [3.63, 3.8) is 0 Å². The summed E-state index contributed by atoms with van der Waals surface area (Å²) in [6.07, 6.45) is 5.95. The van der Waals surface area contributed by atoms with E-state index in [4.69, 9.17) is 0 Å². The normalized spacial score (nSPS) is 27.1. The van der Waals surface area contributed by atoms with Gasteiger partial charge >= 0.3 is 0 Å². The molecular weight excluding hydrogens is 212 g/mol. The fourth-order valence-electron chi connectivity index (χ4n) is 2.08. The summed E-state index contributed by atoms with van der Waals surface area (Å²) in [5, 5.41) is 3.48. The summed E-state index contributed by atoms with van der Waals surface area (Å²) < 4.78 is 24.0. The zero-order valence-corrected chi connectivity index (χ0v) is 10.4. The number of hydrogen-bond acceptors (Lipinski definition) is 3. The van der Waals surface area contributed by atoms with Crippen LogP contribution < -0.4 is 10.0 Å². The van der Waals surface area contributed by atoms with Crippen LogP contribution in [0.4, 0.5) is 0 Å². The Hall–Kier alpha value is -0.130. The average Bonchev–Trinajstić information content (AvgIpc) is 2.49. The molecule has 15 heavy (non-hydrogen) atoms. The van der Waals surface area contributed by atoms with E-state index in [0.717, 1.165) is 18.9 Å². The van der Waals surface area contributed by atoms with Crippen LogP contribution in [0, 0.1) is 5.92 Å². The lowest BCUT2D eigenvalue weighted by Gasteiger charge is -2.16. The number of rotatable bonds is 6. The molecule has 0 aromatic carbocycles. The van der Waals surface area contributed by atoms with Gasteiger partial charge in [-0.3, -0.25) is 0 Å². The van der Waals surface area contributed by atoms with Crippen molar-refractivity contribution >= 4 is 10.0 Å².